The standard InChI is InChI=1S/C12H11FO3/c1-8(14)3-4-9-5-6-10-11(7-9)16-12(2,13)15-10/h3-7H,1-2H3/b4-3+. The molecule has 0 fully saturated rings. The van der Waals surface area contributed by atoms with Crippen molar-refractivity contribution in [3.8, 4) is 11.5 Å². The van der Waals surface area contributed by atoms with Crippen molar-refractivity contribution >= 4 is 11.9 Å². The average molecular weight is 222 g/mol. The van der Waals surface area contributed by atoms with Gasteiger partial charge in [0.1, 0.15) is 0 Å². The van der Waals surface area contributed by atoms with Gasteiger partial charge in [0.15, 0.2) is 17.3 Å². The van der Waals surface area contributed by atoms with E-state index in [-0.39, 0.29) is 5.78 Å². The Bertz CT molecular complexity index is 463. The topological polar surface area (TPSA) is 35.5 Å². The molecule has 0 aromatic heterocycles. The maximum Gasteiger partial charge on any atom is 0.404 e. The van der Waals surface area contributed by atoms with E-state index in [1.165, 1.54) is 19.9 Å². The quantitative estimate of drug-likeness (QED) is 0.722. The number of rotatable bonds is 2. The van der Waals surface area contributed by atoms with E-state index in [9.17, 15) is 9.18 Å². The zero-order valence-corrected chi connectivity index (χ0v) is 8.99. The van der Waals surface area contributed by atoms with Crippen LogP contribution in [0.2, 0.25) is 0 Å². The number of ketones is 1. The number of halogens is 1. The number of hydrogen-bond acceptors (Lipinski definition) is 3. The molecule has 2 rings (SSSR count). The largest absolute Gasteiger partial charge is 0.423 e. The minimum absolute atomic E-state index is 0.0482. The number of benzene rings is 1. The number of carbonyl (C=O) groups is 1. The summed E-state index contributed by atoms with van der Waals surface area (Å²) in [6.45, 7) is 2.65. The van der Waals surface area contributed by atoms with Crippen LogP contribution >= 0.6 is 0 Å². The highest BCUT2D eigenvalue weighted by Crippen LogP contribution is 2.40. The predicted octanol–water partition coefficient (Wildman–Crippen LogP) is 2.70. The van der Waals surface area contributed by atoms with Gasteiger partial charge in [0.2, 0.25) is 0 Å². The van der Waals surface area contributed by atoms with Crippen LogP contribution in [-0.2, 0) is 4.79 Å². The Labute approximate surface area is 92.5 Å². The highest BCUT2D eigenvalue weighted by Gasteiger charge is 2.36. The molecule has 1 atom stereocenters. The molecule has 0 radical (unpaired) electrons. The van der Waals surface area contributed by atoms with Crippen molar-refractivity contribution in [1.82, 2.24) is 0 Å². The highest BCUT2D eigenvalue weighted by atomic mass is 19.2. The molecule has 84 valence electrons. The van der Waals surface area contributed by atoms with Crippen molar-refractivity contribution in [1.29, 1.82) is 0 Å². The number of allylic oxidation sites excluding steroid dienone is 1. The molecule has 4 heteroatoms. The second-order valence-corrected chi connectivity index (χ2v) is 3.69. The van der Waals surface area contributed by atoms with Crippen LogP contribution in [0.1, 0.15) is 19.4 Å². The van der Waals surface area contributed by atoms with Gasteiger partial charge in [-0.1, -0.05) is 12.1 Å². The van der Waals surface area contributed by atoms with Crippen LogP contribution in [-0.4, -0.2) is 11.8 Å². The summed E-state index contributed by atoms with van der Waals surface area (Å²) in [4.78, 5) is 10.8. The Morgan fingerprint density at radius 1 is 1.38 bits per heavy atom. The minimum Gasteiger partial charge on any atom is -0.423 e. The Morgan fingerprint density at radius 3 is 2.75 bits per heavy atom. The Balaban J connectivity index is 2.26. The monoisotopic (exact) mass is 222 g/mol. The average Bonchev–Trinajstić information content (AvgIpc) is 2.47. The van der Waals surface area contributed by atoms with Gasteiger partial charge < -0.3 is 9.47 Å². The second-order valence-electron chi connectivity index (χ2n) is 3.69. The molecule has 0 spiro atoms. The van der Waals surface area contributed by atoms with Crippen molar-refractivity contribution in [3.05, 3.63) is 29.8 Å². The van der Waals surface area contributed by atoms with Crippen LogP contribution in [0.5, 0.6) is 11.5 Å². The summed E-state index contributed by atoms with van der Waals surface area (Å²) in [5.41, 5.74) is 0.759. The van der Waals surface area contributed by atoms with Crippen molar-refractivity contribution in [3.63, 3.8) is 0 Å². The van der Waals surface area contributed by atoms with Crippen molar-refractivity contribution < 1.29 is 18.7 Å². The van der Waals surface area contributed by atoms with Crippen LogP contribution in [0.3, 0.4) is 0 Å². The molecule has 1 unspecified atom stereocenters. The van der Waals surface area contributed by atoms with Crippen molar-refractivity contribution in [2.75, 3.05) is 0 Å². The first-order chi connectivity index (χ1) is 7.46. The lowest BCUT2D eigenvalue weighted by molar-refractivity contribution is -0.173. The molecule has 1 aromatic carbocycles. The number of alkyl halides is 1. The fourth-order valence-corrected chi connectivity index (χ4v) is 1.42. The van der Waals surface area contributed by atoms with Crippen LogP contribution < -0.4 is 9.47 Å². The van der Waals surface area contributed by atoms with Gasteiger partial charge in [-0.3, -0.25) is 4.79 Å². The van der Waals surface area contributed by atoms with Gasteiger partial charge >= 0.3 is 6.04 Å². The van der Waals surface area contributed by atoms with Crippen LogP contribution in [0, 0.1) is 0 Å². The molecule has 0 bridgehead atoms. The number of fused-ring (bicyclic) bond motifs is 1. The van der Waals surface area contributed by atoms with E-state index in [0.717, 1.165) is 5.56 Å². The summed E-state index contributed by atoms with van der Waals surface area (Å²) >= 11 is 0. The fourth-order valence-electron chi connectivity index (χ4n) is 1.42. The Morgan fingerprint density at radius 2 is 2.06 bits per heavy atom. The van der Waals surface area contributed by atoms with Gasteiger partial charge in [-0.2, -0.15) is 4.39 Å². The first kappa shape index (κ1) is 10.7. The van der Waals surface area contributed by atoms with Crippen LogP contribution in [0.15, 0.2) is 24.3 Å². The van der Waals surface area contributed by atoms with E-state index in [2.05, 4.69) is 0 Å². The fraction of sp³-hybridized carbons (Fsp3) is 0.250. The van der Waals surface area contributed by atoms with Gasteiger partial charge in [-0.15, -0.1) is 0 Å². The molecule has 0 saturated carbocycles. The van der Waals surface area contributed by atoms with E-state index in [4.69, 9.17) is 9.47 Å². The van der Waals surface area contributed by atoms with E-state index >= 15 is 0 Å². The zero-order valence-electron chi connectivity index (χ0n) is 8.99. The van der Waals surface area contributed by atoms with E-state index in [1.807, 2.05) is 0 Å². The molecule has 1 heterocycles. The normalized spacial score (nSPS) is 22.7. The Kier molecular flexibility index (Phi) is 2.42. The summed E-state index contributed by atoms with van der Waals surface area (Å²) in [6, 6.07) is 2.86. The number of ether oxygens (including phenoxy) is 2. The molecule has 0 aliphatic carbocycles. The molecule has 0 amide bonds. The number of hydrogen-bond donors (Lipinski definition) is 0. The first-order valence-corrected chi connectivity index (χ1v) is 4.86. The molecule has 1 aromatic rings. The van der Waals surface area contributed by atoms with Crippen molar-refractivity contribution in [2.45, 2.75) is 19.9 Å². The Hall–Kier alpha value is -1.84. The summed E-state index contributed by atoms with van der Waals surface area (Å²) in [5, 5.41) is 0. The third-order valence-electron chi connectivity index (χ3n) is 2.06. The third kappa shape index (κ3) is 2.21. The summed E-state index contributed by atoms with van der Waals surface area (Å²) < 4.78 is 23.2. The molecule has 0 saturated heterocycles. The summed E-state index contributed by atoms with van der Waals surface area (Å²) in [7, 11) is 0. The molecule has 1 aliphatic rings. The predicted molar refractivity (Wildman–Crippen MR) is 56.9 cm³/mol. The molecule has 0 N–H and O–H groups in total. The highest BCUT2D eigenvalue weighted by molar-refractivity contribution is 5.91. The van der Waals surface area contributed by atoms with E-state index in [1.54, 1.807) is 24.3 Å². The maximum absolute atomic E-state index is 13.3. The summed E-state index contributed by atoms with van der Waals surface area (Å²) in [6.07, 6.45) is 3.08. The SMILES string of the molecule is CC(=O)/C=C/c1ccc2c(c1)OC(C)(F)O2. The maximum atomic E-state index is 13.3. The van der Waals surface area contributed by atoms with Gasteiger partial charge in [0.05, 0.1) is 0 Å². The van der Waals surface area contributed by atoms with E-state index < -0.39 is 6.04 Å². The van der Waals surface area contributed by atoms with Gasteiger partial charge in [0.25, 0.3) is 0 Å². The number of carbonyl (C=O) groups excluding carboxylic acids is 1. The lowest BCUT2D eigenvalue weighted by Crippen LogP contribution is -2.27. The minimum atomic E-state index is -2.11. The second kappa shape index (κ2) is 3.63. The zero-order chi connectivity index (χ0) is 11.8. The van der Waals surface area contributed by atoms with E-state index in [0.29, 0.717) is 11.5 Å². The molecular weight excluding hydrogens is 211 g/mol. The first-order valence-electron chi connectivity index (χ1n) is 4.86. The van der Waals surface area contributed by atoms with Gasteiger partial charge in [-0.05, 0) is 30.7 Å². The molecule has 3 nitrogen and oxygen atoms in total. The van der Waals surface area contributed by atoms with Gasteiger partial charge in [-0.25, -0.2) is 0 Å². The molecular formula is C12H11FO3. The van der Waals surface area contributed by atoms with Crippen LogP contribution in [0.4, 0.5) is 4.39 Å². The lowest BCUT2D eigenvalue weighted by Gasteiger charge is -2.10. The van der Waals surface area contributed by atoms with Crippen molar-refractivity contribution in [2.24, 2.45) is 0 Å². The summed E-state index contributed by atoms with van der Waals surface area (Å²) in [5.74, 6) is 0.661. The van der Waals surface area contributed by atoms with Crippen LogP contribution in [0.25, 0.3) is 6.08 Å². The molecule has 16 heavy (non-hydrogen) atoms. The third-order valence-corrected chi connectivity index (χ3v) is 2.06. The molecule has 1 aliphatic heterocycles. The smallest absolute Gasteiger partial charge is 0.404 e. The lowest BCUT2D eigenvalue weighted by atomic mass is 10.2. The van der Waals surface area contributed by atoms with Gasteiger partial charge in [0, 0.05) is 6.92 Å².